The van der Waals surface area contributed by atoms with Gasteiger partial charge in [0.25, 0.3) is 0 Å². The van der Waals surface area contributed by atoms with Gasteiger partial charge < -0.3 is 0 Å². The van der Waals surface area contributed by atoms with Crippen LogP contribution >= 0.6 is 15.9 Å². The third-order valence-corrected chi connectivity index (χ3v) is 10.3. The molecule has 0 heterocycles. The van der Waals surface area contributed by atoms with Gasteiger partial charge in [-0.1, -0.05) is 0 Å². The molecule has 0 saturated heterocycles. The van der Waals surface area contributed by atoms with E-state index in [0.29, 0.717) is 11.1 Å². The number of rotatable bonds is 8. The summed E-state index contributed by atoms with van der Waals surface area (Å²) in [5.74, 6) is 0.508. The first-order chi connectivity index (χ1) is 19.6. The fourth-order valence-electron chi connectivity index (χ4n) is 4.92. The van der Waals surface area contributed by atoms with E-state index in [2.05, 4.69) is 0 Å². The molecule has 0 atom stereocenters. The Labute approximate surface area is 339 Å². The third-order valence-electron chi connectivity index (χ3n) is 7.14. The van der Waals surface area contributed by atoms with Crippen molar-refractivity contribution < 1.29 is 38.8 Å². The summed E-state index contributed by atoms with van der Waals surface area (Å²) in [6.45, 7) is 27.6. The van der Waals surface area contributed by atoms with Crippen molar-refractivity contribution in [1.29, 1.82) is 0 Å². The zero-order chi connectivity index (χ0) is 34.7. The molecule has 0 saturated carbocycles. The maximum Gasteiger partial charge on any atom is 2.00 e. The smallest absolute Gasteiger partial charge is 2.00 e. The van der Waals surface area contributed by atoms with Gasteiger partial charge in [0.05, 0.1) is 0 Å². The van der Waals surface area contributed by atoms with Crippen molar-refractivity contribution >= 4 is 91.4 Å². The first-order valence-corrected chi connectivity index (χ1v) is 19.3. The molecule has 2 rings (SSSR count). The molecule has 0 radical (unpaired) electrons. The van der Waals surface area contributed by atoms with Gasteiger partial charge in [0, 0.05) is 0 Å². The summed E-state index contributed by atoms with van der Waals surface area (Å²) >= 11 is 0. The van der Waals surface area contributed by atoms with E-state index in [1.807, 2.05) is 83.1 Å². The largest absolute Gasteiger partial charge is 2.00 e. The van der Waals surface area contributed by atoms with Crippen LogP contribution < -0.4 is 19.6 Å². The van der Waals surface area contributed by atoms with Crippen LogP contribution in [-0.2, 0) is 43.0 Å². The fraction of sp³-hybridized carbons (Fsp3) is 0.647. The second kappa shape index (κ2) is 18.6. The minimum Gasteiger partial charge on any atom is 2.00 e. The average molecular weight is 737 g/mol. The molecule has 0 amide bonds. The normalized spacial score (nSPS) is 13.6. The topological polar surface area (TPSA) is 151 Å². The maximum atomic E-state index is 12.0. The van der Waals surface area contributed by atoms with E-state index in [-0.39, 0.29) is 134 Å². The Morgan fingerprint density at radius 3 is 0.848 bits per heavy atom. The number of phenolic OH excluding ortho intramolecular Hbond substituents is 2. The van der Waals surface area contributed by atoms with E-state index in [4.69, 9.17) is 9.05 Å². The first-order valence-electron chi connectivity index (χ1n) is 15.4. The van der Waals surface area contributed by atoms with Gasteiger partial charge in [-0.2, -0.15) is 0 Å². The van der Waals surface area contributed by atoms with Gasteiger partial charge in [0.2, 0.25) is 0 Å². The molecule has 0 spiro atoms. The minimum atomic E-state index is -4.21. The summed E-state index contributed by atoms with van der Waals surface area (Å²) in [7, 11) is -8.41. The predicted octanol–water partition coefficient (Wildman–Crippen LogP) is 4.72. The van der Waals surface area contributed by atoms with Crippen LogP contribution in [0.3, 0.4) is 0 Å². The molecule has 0 aliphatic heterocycles. The van der Waals surface area contributed by atoms with Gasteiger partial charge in [0.15, 0.2) is 0 Å². The van der Waals surface area contributed by atoms with E-state index >= 15 is 0 Å². The van der Waals surface area contributed by atoms with Crippen molar-refractivity contribution in [2.45, 2.75) is 131 Å². The summed E-state index contributed by atoms with van der Waals surface area (Å²) in [5.41, 5.74) is 3.27. The summed E-state index contributed by atoms with van der Waals surface area (Å²) in [6.07, 6.45) is -0.263. The monoisotopic (exact) mass is 736 g/mol. The van der Waals surface area contributed by atoms with Gasteiger partial charge >= 0.3 is 343 Å². The predicted molar refractivity (Wildman–Crippen MR) is 190 cm³/mol. The van der Waals surface area contributed by atoms with Crippen molar-refractivity contribution in [1.82, 2.24) is 0 Å². The molecule has 256 valence electrons. The molecular formula is C34H58Ca2O8P2. The van der Waals surface area contributed by atoms with Crippen LogP contribution in [0.4, 0.5) is 0 Å². The van der Waals surface area contributed by atoms with Crippen LogP contribution in [-0.4, -0.2) is 98.9 Å². The number of benzene rings is 2. The van der Waals surface area contributed by atoms with E-state index < -0.39 is 15.9 Å². The molecule has 2 aromatic carbocycles. The van der Waals surface area contributed by atoms with Gasteiger partial charge in [-0.3, -0.25) is 0 Å². The Morgan fingerprint density at radius 1 is 0.500 bits per heavy atom. The number of hydrogen-bond donors (Lipinski definition) is 2. The second-order valence-electron chi connectivity index (χ2n) is 15.7. The quantitative estimate of drug-likeness (QED) is 0.292. The summed E-state index contributed by atoms with van der Waals surface area (Å²) < 4.78 is 9.76. The second-order valence-corrected chi connectivity index (χ2v) is 19.7. The van der Waals surface area contributed by atoms with Crippen LogP contribution in [0.1, 0.15) is 130 Å². The fourth-order valence-corrected chi connectivity index (χ4v) is 7.41. The number of hydrogen-bond acceptors (Lipinski definition) is 8. The Kier molecular flexibility index (Phi) is 19.9. The Balaban J connectivity index is 0. The number of aromatic hydroxyl groups is 2. The molecule has 2 N–H and O–H groups in total. The standard InChI is InChI=1S/2C17H29O4P.2Ca/c2*1-8-21-22(19,20)11-12-9-13(16(2,3)4)15(18)14(10-12)17(5,6)7;;/h2*9-10,18,22H,8,11H2,1-7H3;;/q2*-2;2*+2. The molecular weight excluding hydrogens is 678 g/mol. The Bertz CT molecular complexity index is 1090. The molecule has 0 unspecified atom stereocenters. The van der Waals surface area contributed by atoms with Crippen molar-refractivity contribution in [2.75, 3.05) is 13.2 Å². The minimum absolute atomic E-state index is 0. The molecule has 0 aromatic heterocycles. The van der Waals surface area contributed by atoms with E-state index in [9.17, 15) is 29.8 Å². The van der Waals surface area contributed by atoms with Crippen LogP contribution in [0, 0.1) is 0 Å². The summed E-state index contributed by atoms with van der Waals surface area (Å²) in [5, 5.41) is 21.2. The van der Waals surface area contributed by atoms with Crippen molar-refractivity contribution in [3.8, 4) is 11.5 Å². The van der Waals surface area contributed by atoms with Gasteiger partial charge in [-0.25, -0.2) is 0 Å². The Hall–Kier alpha value is 1.18. The molecule has 46 heavy (non-hydrogen) atoms. The van der Waals surface area contributed by atoms with Crippen molar-refractivity contribution in [3.63, 3.8) is 0 Å². The van der Waals surface area contributed by atoms with Crippen LogP contribution in [0.25, 0.3) is 0 Å². The molecule has 0 bridgehead atoms. The van der Waals surface area contributed by atoms with E-state index in [0.717, 1.165) is 22.3 Å². The maximum absolute atomic E-state index is 12.0. The molecule has 12 heteroatoms. The molecule has 8 nitrogen and oxygen atoms in total. The van der Waals surface area contributed by atoms with Crippen molar-refractivity contribution in [2.24, 2.45) is 0 Å². The first kappa shape index (κ1) is 49.3. The Morgan fingerprint density at radius 2 is 0.696 bits per heavy atom. The van der Waals surface area contributed by atoms with Crippen molar-refractivity contribution in [3.05, 3.63) is 57.6 Å². The molecule has 0 fully saturated rings. The van der Waals surface area contributed by atoms with E-state index in [1.54, 1.807) is 38.1 Å². The van der Waals surface area contributed by atoms with Gasteiger partial charge in [-0.15, -0.1) is 0 Å². The van der Waals surface area contributed by atoms with Gasteiger partial charge in [-0.05, 0) is 0 Å². The van der Waals surface area contributed by atoms with Crippen LogP contribution in [0.5, 0.6) is 11.5 Å². The molecule has 0 aliphatic rings. The summed E-state index contributed by atoms with van der Waals surface area (Å²) in [6, 6.07) is 7.12. The average Bonchev–Trinajstić information content (AvgIpc) is 2.78. The zero-order valence-electron chi connectivity index (χ0n) is 30.9. The van der Waals surface area contributed by atoms with Crippen LogP contribution in [0.2, 0.25) is 0 Å². The molecule has 0 aliphatic carbocycles. The summed E-state index contributed by atoms with van der Waals surface area (Å²) in [4.78, 5) is 47.9. The number of phenols is 2. The van der Waals surface area contributed by atoms with Gasteiger partial charge in [0.1, 0.15) is 0 Å². The molecule has 2 aromatic rings. The van der Waals surface area contributed by atoms with Crippen LogP contribution in [0.15, 0.2) is 24.3 Å². The van der Waals surface area contributed by atoms with E-state index in [1.165, 1.54) is 0 Å². The SMILES string of the molecule is CCO[PH]([O-])([O-])Cc1cc(C(C)(C)C)c(O)c(C(C)(C)C)c1.CCO[PH]([O-])([O-])Cc1cc(C(C)(C)C)c(O)c(C(C)(C)C)c1.[Ca+2].[Ca+2]. The third kappa shape index (κ3) is 15.6. The zero-order valence-corrected chi connectivity index (χ0v) is 37.3.